The minimum Gasteiger partial charge on any atom is -0.462 e. The first-order valence-corrected chi connectivity index (χ1v) is 22.8. The molecule has 0 aromatic carbocycles. The van der Waals surface area contributed by atoms with Crippen LogP contribution < -0.4 is 0 Å². The number of phosphoric acid groups is 1. The molecule has 11 heteroatoms. The van der Waals surface area contributed by atoms with Crippen LogP contribution in [-0.4, -0.2) is 65.7 Å². The summed E-state index contributed by atoms with van der Waals surface area (Å²) in [5.41, 5.74) is 0. The SMILES string of the molecule is CCCCCC/C=C/C=C/CCCCCCCC(=O)O[C@H](COC(=O)CCC/C=C/C/C=C/C/C=C/CCCCCCCC)COP(=O)(O)OC[C@@H](O)CO. The molecule has 0 rings (SSSR count). The molecule has 0 saturated heterocycles. The number of carbonyl (C=O) groups is 2. The molecule has 0 aliphatic rings. The predicted molar refractivity (Wildman–Crippen MR) is 224 cm³/mol. The number of aliphatic hydroxyl groups excluding tert-OH is 2. The van der Waals surface area contributed by atoms with Gasteiger partial charge in [-0.05, 0) is 70.6 Å². The molecule has 0 aromatic rings. The molecule has 318 valence electrons. The number of aliphatic hydroxyl groups is 2. The van der Waals surface area contributed by atoms with Crippen LogP contribution in [0, 0.1) is 0 Å². The number of rotatable bonds is 39. The molecule has 3 N–H and O–H groups in total. The molecule has 10 nitrogen and oxygen atoms in total. The lowest BCUT2D eigenvalue weighted by molar-refractivity contribution is -0.161. The van der Waals surface area contributed by atoms with Crippen LogP contribution in [0.1, 0.15) is 168 Å². The number of hydrogen-bond donors (Lipinski definition) is 3. The molecular weight excluding hydrogens is 719 g/mol. The van der Waals surface area contributed by atoms with Crippen molar-refractivity contribution < 1.29 is 47.8 Å². The van der Waals surface area contributed by atoms with Crippen LogP contribution in [0.15, 0.2) is 60.8 Å². The second kappa shape index (κ2) is 39.9. The first-order valence-electron chi connectivity index (χ1n) is 21.3. The number of carbonyl (C=O) groups excluding carboxylic acids is 2. The molecule has 0 spiro atoms. The predicted octanol–water partition coefficient (Wildman–Crippen LogP) is 11.1. The lowest BCUT2D eigenvalue weighted by Gasteiger charge is -2.20. The Labute approximate surface area is 334 Å². The average molecular weight is 797 g/mol. The fraction of sp³-hybridized carbons (Fsp3) is 0.727. The van der Waals surface area contributed by atoms with Gasteiger partial charge in [0, 0.05) is 12.8 Å². The van der Waals surface area contributed by atoms with Crippen LogP contribution in [0.25, 0.3) is 0 Å². The normalized spacial score (nSPS) is 14.5. The minimum absolute atomic E-state index is 0.154. The van der Waals surface area contributed by atoms with Crippen molar-refractivity contribution >= 4 is 19.8 Å². The summed E-state index contributed by atoms with van der Waals surface area (Å²) < 4.78 is 32.6. The molecule has 0 aromatic heterocycles. The summed E-state index contributed by atoms with van der Waals surface area (Å²) in [6.07, 6.45) is 43.3. The van der Waals surface area contributed by atoms with E-state index in [0.717, 1.165) is 57.8 Å². The first-order chi connectivity index (χ1) is 26.7. The van der Waals surface area contributed by atoms with Crippen LogP contribution in [0.5, 0.6) is 0 Å². The van der Waals surface area contributed by atoms with Crippen LogP contribution in [0.4, 0.5) is 0 Å². The summed E-state index contributed by atoms with van der Waals surface area (Å²) in [5.74, 6) is -1.01. The van der Waals surface area contributed by atoms with Gasteiger partial charge in [0.2, 0.25) is 0 Å². The highest BCUT2D eigenvalue weighted by molar-refractivity contribution is 7.47. The number of ether oxygens (including phenoxy) is 2. The van der Waals surface area contributed by atoms with Gasteiger partial charge in [-0.25, -0.2) is 4.57 Å². The van der Waals surface area contributed by atoms with E-state index in [1.165, 1.54) is 64.2 Å². The standard InChI is InChI=1S/C44H77O10P/c1-3-5-7-9-11-13-15-17-19-20-22-23-25-27-29-31-33-35-43(47)51-39-42(40-53-55(49,50)52-38-41(46)37-45)54-44(48)36-34-32-30-28-26-24-21-18-16-14-12-10-8-6-4-2/h14,16-19,21-23,27,29,41-42,45-46H,3-13,15,20,24-26,28,30-40H2,1-2H3,(H,49,50)/b16-14+,19-17+,21-18+,23-22+,29-27+/t41-,42+/m0/s1. The third-order valence-corrected chi connectivity index (χ3v) is 9.62. The van der Waals surface area contributed by atoms with Crippen LogP contribution in [-0.2, 0) is 32.7 Å². The van der Waals surface area contributed by atoms with Crippen molar-refractivity contribution in [3.05, 3.63) is 60.8 Å². The number of unbranched alkanes of at least 4 members (excludes halogenated alkanes) is 16. The third-order valence-electron chi connectivity index (χ3n) is 8.67. The first kappa shape index (κ1) is 52.7. The Hall–Kier alpha value is -2.33. The van der Waals surface area contributed by atoms with Crippen molar-refractivity contribution in [3.8, 4) is 0 Å². The second-order valence-corrected chi connectivity index (χ2v) is 15.5. The molecule has 0 aliphatic heterocycles. The topological polar surface area (TPSA) is 149 Å². The lowest BCUT2D eigenvalue weighted by atomic mass is 10.1. The van der Waals surface area contributed by atoms with Crippen molar-refractivity contribution in [3.63, 3.8) is 0 Å². The number of phosphoric ester groups is 1. The monoisotopic (exact) mass is 797 g/mol. The van der Waals surface area contributed by atoms with E-state index in [0.29, 0.717) is 19.3 Å². The molecule has 0 aliphatic carbocycles. The van der Waals surface area contributed by atoms with Gasteiger partial charge in [-0.1, -0.05) is 145 Å². The molecule has 0 bridgehead atoms. The van der Waals surface area contributed by atoms with E-state index >= 15 is 0 Å². The van der Waals surface area contributed by atoms with Gasteiger partial charge in [0.15, 0.2) is 6.10 Å². The zero-order valence-corrected chi connectivity index (χ0v) is 35.3. The summed E-state index contributed by atoms with van der Waals surface area (Å²) in [7, 11) is -4.63. The third kappa shape index (κ3) is 39.7. The fourth-order valence-corrected chi connectivity index (χ4v) is 6.14. The van der Waals surface area contributed by atoms with Crippen LogP contribution >= 0.6 is 7.82 Å². The summed E-state index contributed by atoms with van der Waals surface area (Å²) in [6.45, 7) is 2.26. The molecule has 0 radical (unpaired) electrons. The Balaban J connectivity index is 4.43. The van der Waals surface area contributed by atoms with Crippen molar-refractivity contribution in [1.82, 2.24) is 0 Å². The van der Waals surface area contributed by atoms with E-state index in [9.17, 15) is 24.2 Å². The summed E-state index contributed by atoms with van der Waals surface area (Å²) >= 11 is 0. The van der Waals surface area contributed by atoms with Crippen molar-refractivity contribution in [2.24, 2.45) is 0 Å². The molecule has 0 saturated carbocycles. The van der Waals surface area contributed by atoms with E-state index < -0.39 is 51.8 Å². The molecular formula is C44H77O10P. The molecule has 1 unspecified atom stereocenters. The van der Waals surface area contributed by atoms with Gasteiger partial charge in [0.1, 0.15) is 12.7 Å². The van der Waals surface area contributed by atoms with E-state index in [1.54, 1.807) is 0 Å². The van der Waals surface area contributed by atoms with Crippen molar-refractivity contribution in [1.29, 1.82) is 0 Å². The zero-order valence-electron chi connectivity index (χ0n) is 34.4. The van der Waals surface area contributed by atoms with E-state index in [1.807, 2.05) is 6.08 Å². The van der Waals surface area contributed by atoms with Crippen LogP contribution in [0.3, 0.4) is 0 Å². The molecule has 55 heavy (non-hydrogen) atoms. The molecule has 0 fully saturated rings. The highest BCUT2D eigenvalue weighted by atomic mass is 31.2. The van der Waals surface area contributed by atoms with Gasteiger partial charge in [-0.3, -0.25) is 18.6 Å². The van der Waals surface area contributed by atoms with Gasteiger partial charge in [-0.2, -0.15) is 0 Å². The van der Waals surface area contributed by atoms with E-state index in [2.05, 4.69) is 73.1 Å². The van der Waals surface area contributed by atoms with E-state index in [-0.39, 0.29) is 19.4 Å². The largest absolute Gasteiger partial charge is 0.472 e. The second-order valence-electron chi connectivity index (χ2n) is 14.0. The minimum atomic E-state index is -4.63. The van der Waals surface area contributed by atoms with Gasteiger partial charge < -0.3 is 24.6 Å². The summed E-state index contributed by atoms with van der Waals surface area (Å²) in [4.78, 5) is 34.9. The maximum atomic E-state index is 12.6. The lowest BCUT2D eigenvalue weighted by Crippen LogP contribution is -2.29. The average Bonchev–Trinajstić information content (AvgIpc) is 3.17. The van der Waals surface area contributed by atoms with E-state index in [4.69, 9.17) is 19.1 Å². The fourth-order valence-electron chi connectivity index (χ4n) is 5.35. The van der Waals surface area contributed by atoms with Gasteiger partial charge >= 0.3 is 19.8 Å². The van der Waals surface area contributed by atoms with Crippen molar-refractivity contribution in [2.45, 2.75) is 180 Å². The number of hydrogen-bond acceptors (Lipinski definition) is 9. The summed E-state index contributed by atoms with van der Waals surface area (Å²) in [6, 6.07) is 0. The Kier molecular flexibility index (Phi) is 38.2. The van der Waals surface area contributed by atoms with Gasteiger partial charge in [0.05, 0.1) is 19.8 Å². The Morgan fingerprint density at radius 3 is 1.60 bits per heavy atom. The highest BCUT2D eigenvalue weighted by Crippen LogP contribution is 2.43. The van der Waals surface area contributed by atoms with Crippen molar-refractivity contribution in [2.75, 3.05) is 26.4 Å². The maximum Gasteiger partial charge on any atom is 0.472 e. The zero-order chi connectivity index (χ0) is 40.5. The molecule has 0 heterocycles. The smallest absolute Gasteiger partial charge is 0.462 e. The van der Waals surface area contributed by atoms with Gasteiger partial charge in [-0.15, -0.1) is 0 Å². The Morgan fingerprint density at radius 1 is 0.564 bits per heavy atom. The maximum absolute atomic E-state index is 12.6. The highest BCUT2D eigenvalue weighted by Gasteiger charge is 2.27. The number of allylic oxidation sites excluding steroid dienone is 10. The van der Waals surface area contributed by atoms with Crippen LogP contribution in [0.2, 0.25) is 0 Å². The Bertz CT molecular complexity index is 1100. The molecule has 3 atom stereocenters. The van der Waals surface area contributed by atoms with Gasteiger partial charge in [0.25, 0.3) is 0 Å². The summed E-state index contributed by atoms with van der Waals surface area (Å²) in [5, 5.41) is 18.3. The quantitative estimate of drug-likeness (QED) is 0.0180. The number of esters is 2. The Morgan fingerprint density at radius 2 is 1.02 bits per heavy atom. The molecule has 0 amide bonds.